The van der Waals surface area contributed by atoms with Crippen LogP contribution in [0.15, 0.2) is 30.3 Å². The van der Waals surface area contributed by atoms with E-state index in [2.05, 4.69) is 0 Å². The monoisotopic (exact) mass is 315 g/mol. The maximum Gasteiger partial charge on any atom is 0.314 e. The highest BCUT2D eigenvalue weighted by Crippen LogP contribution is 2.27. The van der Waals surface area contributed by atoms with Crippen LogP contribution in [0, 0.1) is 5.92 Å². The van der Waals surface area contributed by atoms with Gasteiger partial charge in [0.2, 0.25) is 0 Å². The standard InChI is InChI=1S/C15H21NO4.ClH/c1-3-19-14(17)12(10-16)13(15(18)20-4-2)11-8-6-5-7-9-11;/h5-9,12-13H,3-4,10,16H2,1-2H3;1H. The molecule has 21 heavy (non-hydrogen) atoms. The van der Waals surface area contributed by atoms with Crippen molar-refractivity contribution >= 4 is 24.3 Å². The molecule has 1 aromatic rings. The third-order valence-corrected chi connectivity index (χ3v) is 2.94. The van der Waals surface area contributed by atoms with E-state index in [9.17, 15) is 9.59 Å². The number of ether oxygens (including phenoxy) is 2. The highest BCUT2D eigenvalue weighted by molar-refractivity contribution is 5.86. The molecule has 0 saturated carbocycles. The van der Waals surface area contributed by atoms with Crippen LogP contribution in [-0.4, -0.2) is 31.7 Å². The maximum atomic E-state index is 12.2. The largest absolute Gasteiger partial charge is 0.466 e. The van der Waals surface area contributed by atoms with Gasteiger partial charge in [-0.25, -0.2) is 0 Å². The fraction of sp³-hybridized carbons (Fsp3) is 0.467. The Bertz CT molecular complexity index is 439. The Balaban J connectivity index is 0.00000400. The van der Waals surface area contributed by atoms with Gasteiger partial charge in [-0.3, -0.25) is 9.59 Å². The van der Waals surface area contributed by atoms with E-state index in [0.717, 1.165) is 0 Å². The highest BCUT2D eigenvalue weighted by Gasteiger charge is 2.36. The molecular weight excluding hydrogens is 294 g/mol. The summed E-state index contributed by atoms with van der Waals surface area (Å²) in [7, 11) is 0. The minimum Gasteiger partial charge on any atom is -0.466 e. The molecule has 118 valence electrons. The van der Waals surface area contributed by atoms with E-state index < -0.39 is 23.8 Å². The van der Waals surface area contributed by atoms with Gasteiger partial charge in [0.05, 0.1) is 25.0 Å². The minimum absolute atomic E-state index is 0. The fourth-order valence-electron chi connectivity index (χ4n) is 2.04. The molecule has 0 radical (unpaired) electrons. The van der Waals surface area contributed by atoms with Gasteiger partial charge >= 0.3 is 11.9 Å². The van der Waals surface area contributed by atoms with Gasteiger partial charge < -0.3 is 15.2 Å². The molecule has 0 amide bonds. The minimum atomic E-state index is -0.739. The Morgan fingerprint density at radius 3 is 2.05 bits per heavy atom. The van der Waals surface area contributed by atoms with Gasteiger partial charge in [-0.1, -0.05) is 30.3 Å². The van der Waals surface area contributed by atoms with Gasteiger partial charge in [0, 0.05) is 6.54 Å². The van der Waals surface area contributed by atoms with Gasteiger partial charge in [0.1, 0.15) is 0 Å². The lowest BCUT2D eigenvalue weighted by Crippen LogP contribution is -2.36. The smallest absolute Gasteiger partial charge is 0.314 e. The van der Waals surface area contributed by atoms with Crippen molar-refractivity contribution < 1.29 is 19.1 Å². The van der Waals surface area contributed by atoms with Crippen molar-refractivity contribution in [2.45, 2.75) is 19.8 Å². The first-order valence-corrected chi connectivity index (χ1v) is 6.73. The van der Waals surface area contributed by atoms with Crippen molar-refractivity contribution in [3.05, 3.63) is 35.9 Å². The summed E-state index contributed by atoms with van der Waals surface area (Å²) in [5.41, 5.74) is 6.37. The van der Waals surface area contributed by atoms with Crippen LogP contribution >= 0.6 is 12.4 Å². The van der Waals surface area contributed by atoms with Crippen molar-refractivity contribution in [3.8, 4) is 0 Å². The Morgan fingerprint density at radius 2 is 1.57 bits per heavy atom. The van der Waals surface area contributed by atoms with Crippen molar-refractivity contribution in [1.29, 1.82) is 0 Å². The van der Waals surface area contributed by atoms with Crippen LogP contribution in [0.25, 0.3) is 0 Å². The Hall–Kier alpha value is -1.59. The van der Waals surface area contributed by atoms with Crippen LogP contribution < -0.4 is 5.73 Å². The first-order chi connectivity index (χ1) is 9.65. The Kier molecular flexibility index (Phi) is 9.41. The van der Waals surface area contributed by atoms with E-state index in [1.54, 1.807) is 38.1 Å². The van der Waals surface area contributed by atoms with Gasteiger partial charge in [0.25, 0.3) is 0 Å². The average molecular weight is 316 g/mol. The summed E-state index contributed by atoms with van der Waals surface area (Å²) in [6.45, 7) is 3.97. The van der Waals surface area contributed by atoms with Crippen LogP contribution in [0.5, 0.6) is 0 Å². The molecule has 1 rings (SSSR count). The number of carbonyl (C=O) groups excluding carboxylic acids is 2. The number of carbonyl (C=O) groups is 2. The molecular formula is C15H22ClNO4. The molecule has 0 fully saturated rings. The molecule has 0 aromatic heterocycles. The third-order valence-electron chi connectivity index (χ3n) is 2.94. The number of esters is 2. The normalized spacial score (nSPS) is 12.7. The summed E-state index contributed by atoms with van der Waals surface area (Å²) < 4.78 is 10.1. The number of rotatable bonds is 7. The highest BCUT2D eigenvalue weighted by atomic mass is 35.5. The van der Waals surface area contributed by atoms with Gasteiger partial charge in [-0.2, -0.15) is 0 Å². The van der Waals surface area contributed by atoms with Crippen molar-refractivity contribution in [1.82, 2.24) is 0 Å². The van der Waals surface area contributed by atoms with Crippen LogP contribution in [0.4, 0.5) is 0 Å². The SMILES string of the molecule is CCOC(=O)C(CN)C(C(=O)OCC)c1ccccc1.Cl. The Labute approximate surface area is 131 Å². The number of hydrogen-bond acceptors (Lipinski definition) is 5. The average Bonchev–Trinajstić information content (AvgIpc) is 2.45. The summed E-state index contributed by atoms with van der Waals surface area (Å²) in [5, 5.41) is 0. The summed E-state index contributed by atoms with van der Waals surface area (Å²) in [4.78, 5) is 24.2. The van der Waals surface area contributed by atoms with Crippen molar-refractivity contribution in [2.24, 2.45) is 11.7 Å². The summed E-state index contributed by atoms with van der Waals surface area (Å²) >= 11 is 0. The third kappa shape index (κ3) is 5.36. The molecule has 0 aliphatic carbocycles. The molecule has 1 aromatic carbocycles. The van der Waals surface area contributed by atoms with E-state index in [-0.39, 0.29) is 32.2 Å². The van der Waals surface area contributed by atoms with Crippen molar-refractivity contribution in [2.75, 3.05) is 19.8 Å². The zero-order valence-corrected chi connectivity index (χ0v) is 13.1. The number of benzene rings is 1. The quantitative estimate of drug-likeness (QED) is 0.777. The summed E-state index contributed by atoms with van der Waals surface area (Å²) in [5.74, 6) is -2.41. The molecule has 0 spiro atoms. The summed E-state index contributed by atoms with van der Waals surface area (Å²) in [6.07, 6.45) is 0. The molecule has 6 heteroatoms. The molecule has 0 aliphatic rings. The predicted octanol–water partition coefficient (Wildman–Crippen LogP) is 1.89. The number of hydrogen-bond donors (Lipinski definition) is 1. The topological polar surface area (TPSA) is 78.6 Å². The first-order valence-electron chi connectivity index (χ1n) is 6.73. The van der Waals surface area contributed by atoms with E-state index >= 15 is 0 Å². The lowest BCUT2D eigenvalue weighted by molar-refractivity contribution is -0.156. The number of halogens is 1. The van der Waals surface area contributed by atoms with Crippen LogP contribution in [0.2, 0.25) is 0 Å². The lowest BCUT2D eigenvalue weighted by atomic mass is 9.86. The van der Waals surface area contributed by atoms with Gasteiger partial charge in [-0.05, 0) is 19.4 Å². The van der Waals surface area contributed by atoms with Crippen LogP contribution in [-0.2, 0) is 19.1 Å². The maximum absolute atomic E-state index is 12.2. The van der Waals surface area contributed by atoms with Crippen LogP contribution in [0.3, 0.4) is 0 Å². The number of nitrogens with two attached hydrogens (primary N) is 1. The van der Waals surface area contributed by atoms with Gasteiger partial charge in [0.15, 0.2) is 0 Å². The fourth-order valence-corrected chi connectivity index (χ4v) is 2.04. The molecule has 0 bridgehead atoms. The zero-order valence-electron chi connectivity index (χ0n) is 12.3. The molecule has 2 unspecified atom stereocenters. The van der Waals surface area contributed by atoms with Gasteiger partial charge in [-0.15, -0.1) is 12.4 Å². The van der Waals surface area contributed by atoms with E-state index in [4.69, 9.17) is 15.2 Å². The lowest BCUT2D eigenvalue weighted by Gasteiger charge is -2.23. The molecule has 0 aliphatic heterocycles. The Morgan fingerprint density at radius 1 is 1.05 bits per heavy atom. The molecule has 2 atom stereocenters. The molecule has 0 heterocycles. The summed E-state index contributed by atoms with van der Waals surface area (Å²) in [6, 6.07) is 9.01. The zero-order chi connectivity index (χ0) is 15.0. The first kappa shape index (κ1) is 19.4. The van der Waals surface area contributed by atoms with Crippen LogP contribution in [0.1, 0.15) is 25.3 Å². The second-order valence-electron chi connectivity index (χ2n) is 4.23. The van der Waals surface area contributed by atoms with E-state index in [1.165, 1.54) is 0 Å². The second kappa shape index (κ2) is 10.2. The van der Waals surface area contributed by atoms with E-state index in [1.807, 2.05) is 6.07 Å². The van der Waals surface area contributed by atoms with E-state index in [0.29, 0.717) is 5.56 Å². The van der Waals surface area contributed by atoms with Crippen molar-refractivity contribution in [3.63, 3.8) is 0 Å². The second-order valence-corrected chi connectivity index (χ2v) is 4.23. The predicted molar refractivity (Wildman–Crippen MR) is 82.2 cm³/mol. The molecule has 5 nitrogen and oxygen atoms in total. The molecule has 0 saturated heterocycles. The molecule has 2 N–H and O–H groups in total.